The second kappa shape index (κ2) is 3.42. The van der Waals surface area contributed by atoms with E-state index < -0.39 is 0 Å². The van der Waals surface area contributed by atoms with Crippen molar-refractivity contribution in [3.8, 4) is 0 Å². The van der Waals surface area contributed by atoms with Gasteiger partial charge in [0.05, 0.1) is 12.7 Å². The summed E-state index contributed by atoms with van der Waals surface area (Å²) < 4.78 is 4.68. The van der Waals surface area contributed by atoms with Gasteiger partial charge in [-0.2, -0.15) is 0 Å². The van der Waals surface area contributed by atoms with Gasteiger partial charge in [-0.15, -0.1) is 0 Å². The van der Waals surface area contributed by atoms with Gasteiger partial charge in [0.1, 0.15) is 0 Å². The number of hydrogen-bond donors (Lipinski definition) is 1. The normalized spacial score (nSPS) is 10.6. The summed E-state index contributed by atoms with van der Waals surface area (Å²) in [5, 5.41) is 1.08. The van der Waals surface area contributed by atoms with Crippen LogP contribution in [0.1, 0.15) is 21.6 Å². The molecule has 0 aliphatic carbocycles. The SMILES string of the molecule is COC(=O)c1ccc2[nH]c(C)c(C)c2c1. The van der Waals surface area contributed by atoms with Gasteiger partial charge in [-0.05, 0) is 37.6 Å². The van der Waals surface area contributed by atoms with E-state index in [0.717, 1.165) is 16.6 Å². The molecule has 0 atom stereocenters. The molecule has 3 heteroatoms. The fourth-order valence-electron chi connectivity index (χ4n) is 1.71. The van der Waals surface area contributed by atoms with Crippen LogP contribution in [0.25, 0.3) is 10.9 Å². The van der Waals surface area contributed by atoms with Gasteiger partial charge in [-0.1, -0.05) is 0 Å². The van der Waals surface area contributed by atoms with Gasteiger partial charge in [0.2, 0.25) is 0 Å². The Balaban J connectivity index is 2.64. The van der Waals surface area contributed by atoms with E-state index in [9.17, 15) is 4.79 Å². The van der Waals surface area contributed by atoms with Crippen molar-refractivity contribution in [2.75, 3.05) is 7.11 Å². The molecule has 0 saturated carbocycles. The Morgan fingerprint density at radius 3 is 2.73 bits per heavy atom. The molecule has 0 radical (unpaired) electrons. The Labute approximate surface area is 88.1 Å². The van der Waals surface area contributed by atoms with E-state index in [1.54, 1.807) is 6.07 Å². The Bertz CT molecular complexity index is 526. The Hall–Kier alpha value is -1.77. The molecular weight excluding hydrogens is 190 g/mol. The topological polar surface area (TPSA) is 42.1 Å². The molecule has 0 amide bonds. The first-order valence-corrected chi connectivity index (χ1v) is 4.80. The van der Waals surface area contributed by atoms with Gasteiger partial charge in [0, 0.05) is 16.6 Å². The van der Waals surface area contributed by atoms with Gasteiger partial charge >= 0.3 is 5.97 Å². The highest BCUT2D eigenvalue weighted by Gasteiger charge is 2.09. The lowest BCUT2D eigenvalue weighted by atomic mass is 10.1. The zero-order chi connectivity index (χ0) is 11.0. The van der Waals surface area contributed by atoms with E-state index in [2.05, 4.69) is 9.72 Å². The molecule has 1 aromatic carbocycles. The summed E-state index contributed by atoms with van der Waals surface area (Å²) in [7, 11) is 1.39. The van der Waals surface area contributed by atoms with Crippen molar-refractivity contribution >= 4 is 16.9 Å². The number of nitrogens with one attached hydrogen (secondary N) is 1. The minimum absolute atomic E-state index is 0.296. The van der Waals surface area contributed by atoms with Crippen LogP contribution in [-0.2, 0) is 4.74 Å². The molecule has 1 N–H and O–H groups in total. The first-order chi connectivity index (χ1) is 7.13. The summed E-state index contributed by atoms with van der Waals surface area (Å²) in [6.45, 7) is 4.06. The van der Waals surface area contributed by atoms with Crippen LogP contribution in [0.3, 0.4) is 0 Å². The largest absolute Gasteiger partial charge is 0.465 e. The highest BCUT2D eigenvalue weighted by molar-refractivity contribution is 5.95. The minimum Gasteiger partial charge on any atom is -0.465 e. The van der Waals surface area contributed by atoms with Gasteiger partial charge < -0.3 is 9.72 Å². The average molecular weight is 203 g/mol. The third kappa shape index (κ3) is 1.50. The Morgan fingerprint density at radius 2 is 2.07 bits per heavy atom. The van der Waals surface area contributed by atoms with Crippen molar-refractivity contribution in [1.29, 1.82) is 0 Å². The fraction of sp³-hybridized carbons (Fsp3) is 0.250. The standard InChI is InChI=1S/C12H13NO2/c1-7-8(2)13-11-5-4-9(6-10(7)11)12(14)15-3/h4-6,13H,1-3H3. The molecule has 2 aromatic rings. The van der Waals surface area contributed by atoms with E-state index in [1.165, 1.54) is 12.7 Å². The number of hydrogen-bond acceptors (Lipinski definition) is 2. The summed E-state index contributed by atoms with van der Waals surface area (Å²) in [6, 6.07) is 5.53. The number of rotatable bonds is 1. The molecule has 0 saturated heterocycles. The van der Waals surface area contributed by atoms with Crippen LogP contribution >= 0.6 is 0 Å². The second-order valence-corrected chi connectivity index (χ2v) is 3.63. The van der Waals surface area contributed by atoms with Crippen molar-refractivity contribution < 1.29 is 9.53 Å². The quantitative estimate of drug-likeness (QED) is 0.724. The molecule has 0 aliphatic rings. The number of aryl methyl sites for hydroxylation is 2. The van der Waals surface area contributed by atoms with Crippen LogP contribution < -0.4 is 0 Å². The maximum absolute atomic E-state index is 11.3. The first kappa shape index (κ1) is 9.77. The maximum Gasteiger partial charge on any atom is 0.337 e. The number of aromatic amines is 1. The lowest BCUT2D eigenvalue weighted by Crippen LogP contribution is -2.00. The molecule has 2 rings (SSSR count). The second-order valence-electron chi connectivity index (χ2n) is 3.63. The predicted molar refractivity (Wildman–Crippen MR) is 59.1 cm³/mol. The summed E-state index contributed by atoms with van der Waals surface area (Å²) in [4.78, 5) is 14.6. The predicted octanol–water partition coefficient (Wildman–Crippen LogP) is 2.57. The van der Waals surface area contributed by atoms with Crippen LogP contribution in [0, 0.1) is 13.8 Å². The molecule has 15 heavy (non-hydrogen) atoms. The van der Waals surface area contributed by atoms with Crippen molar-refractivity contribution in [3.63, 3.8) is 0 Å². The first-order valence-electron chi connectivity index (χ1n) is 4.80. The van der Waals surface area contributed by atoms with E-state index in [0.29, 0.717) is 5.56 Å². The molecular formula is C12H13NO2. The van der Waals surface area contributed by atoms with Crippen molar-refractivity contribution in [3.05, 3.63) is 35.0 Å². The van der Waals surface area contributed by atoms with Crippen LogP contribution in [0.4, 0.5) is 0 Å². The number of ether oxygens (including phenoxy) is 1. The molecule has 0 aliphatic heterocycles. The van der Waals surface area contributed by atoms with Gasteiger partial charge in [-0.3, -0.25) is 0 Å². The molecule has 3 nitrogen and oxygen atoms in total. The average Bonchev–Trinajstić information content (AvgIpc) is 2.54. The third-order valence-electron chi connectivity index (χ3n) is 2.73. The molecule has 1 heterocycles. The number of benzene rings is 1. The molecule has 0 fully saturated rings. The third-order valence-corrected chi connectivity index (χ3v) is 2.73. The van der Waals surface area contributed by atoms with Crippen LogP contribution in [0.5, 0.6) is 0 Å². The zero-order valence-electron chi connectivity index (χ0n) is 9.05. The zero-order valence-corrected chi connectivity index (χ0v) is 9.05. The fourth-order valence-corrected chi connectivity index (χ4v) is 1.71. The number of fused-ring (bicyclic) bond motifs is 1. The van der Waals surface area contributed by atoms with Crippen molar-refractivity contribution in [2.45, 2.75) is 13.8 Å². The summed E-state index contributed by atoms with van der Waals surface area (Å²) >= 11 is 0. The van der Waals surface area contributed by atoms with E-state index in [4.69, 9.17) is 0 Å². The Kier molecular flexibility index (Phi) is 2.23. The molecule has 0 unspecified atom stereocenters. The summed E-state index contributed by atoms with van der Waals surface area (Å²) in [5.74, 6) is -0.296. The van der Waals surface area contributed by atoms with Crippen LogP contribution in [0.15, 0.2) is 18.2 Å². The van der Waals surface area contributed by atoms with Crippen LogP contribution in [-0.4, -0.2) is 18.1 Å². The van der Waals surface area contributed by atoms with E-state index >= 15 is 0 Å². The highest BCUT2D eigenvalue weighted by atomic mass is 16.5. The Morgan fingerprint density at radius 1 is 1.33 bits per heavy atom. The smallest absolute Gasteiger partial charge is 0.337 e. The van der Waals surface area contributed by atoms with Crippen molar-refractivity contribution in [1.82, 2.24) is 4.98 Å². The number of aromatic nitrogens is 1. The van der Waals surface area contributed by atoms with Crippen LogP contribution in [0.2, 0.25) is 0 Å². The van der Waals surface area contributed by atoms with E-state index in [1.807, 2.05) is 26.0 Å². The number of esters is 1. The lowest BCUT2D eigenvalue weighted by molar-refractivity contribution is 0.0601. The van der Waals surface area contributed by atoms with E-state index in [-0.39, 0.29) is 5.97 Å². The van der Waals surface area contributed by atoms with Gasteiger partial charge in [0.15, 0.2) is 0 Å². The minimum atomic E-state index is -0.296. The summed E-state index contributed by atoms with van der Waals surface area (Å²) in [6.07, 6.45) is 0. The molecule has 78 valence electrons. The van der Waals surface area contributed by atoms with Crippen molar-refractivity contribution in [2.24, 2.45) is 0 Å². The molecule has 0 spiro atoms. The highest BCUT2D eigenvalue weighted by Crippen LogP contribution is 2.22. The number of carbonyl (C=O) groups is 1. The van der Waals surface area contributed by atoms with Gasteiger partial charge in [0.25, 0.3) is 0 Å². The summed E-state index contributed by atoms with van der Waals surface area (Å²) in [5.41, 5.74) is 3.95. The monoisotopic (exact) mass is 203 g/mol. The number of H-pyrrole nitrogens is 1. The maximum atomic E-state index is 11.3. The molecule has 0 bridgehead atoms. The number of carbonyl (C=O) groups excluding carboxylic acids is 1. The lowest BCUT2D eigenvalue weighted by Gasteiger charge is -1.99. The number of methoxy groups -OCH3 is 1. The molecule has 1 aromatic heterocycles. The van der Waals surface area contributed by atoms with Gasteiger partial charge in [-0.25, -0.2) is 4.79 Å².